The Morgan fingerprint density at radius 2 is 2.04 bits per heavy atom. The molecule has 3 atom stereocenters. The summed E-state index contributed by atoms with van der Waals surface area (Å²) in [4.78, 5) is 20.2. The molecule has 2 aliphatic rings. The van der Waals surface area contributed by atoms with Gasteiger partial charge in [0, 0.05) is 35.8 Å². The van der Waals surface area contributed by atoms with E-state index in [1.54, 1.807) is 0 Å². The first-order valence-corrected chi connectivity index (χ1v) is 9.46. The van der Waals surface area contributed by atoms with Crippen LogP contribution < -0.4 is 5.73 Å². The normalized spacial score (nSPS) is 25.2. The minimum absolute atomic E-state index is 0.00703. The third-order valence-electron chi connectivity index (χ3n) is 5.22. The van der Waals surface area contributed by atoms with Crippen molar-refractivity contribution in [2.24, 2.45) is 11.7 Å². The van der Waals surface area contributed by atoms with Gasteiger partial charge >= 0.3 is 0 Å². The maximum atomic E-state index is 13.0. The molecule has 1 aliphatic heterocycles. The van der Waals surface area contributed by atoms with Crippen molar-refractivity contribution in [3.05, 3.63) is 50.4 Å². The molecule has 2 N–H and O–H groups in total. The second-order valence-corrected chi connectivity index (χ2v) is 8.58. The van der Waals surface area contributed by atoms with E-state index in [1.807, 2.05) is 11.0 Å². The van der Waals surface area contributed by atoms with Crippen LogP contribution in [0, 0.1) is 5.92 Å². The average Bonchev–Trinajstić information content (AvgIpc) is 3.22. The number of rotatable bonds is 2. The van der Waals surface area contributed by atoms with Crippen molar-refractivity contribution in [2.75, 3.05) is 13.1 Å². The first kappa shape index (κ1) is 16.1. The predicted octanol–water partition coefficient (Wildman–Crippen LogP) is 3.79. The minimum Gasteiger partial charge on any atom is -0.336 e. The number of amides is 1. The highest BCUT2D eigenvalue weighted by Gasteiger charge is 2.46. The molecule has 0 spiro atoms. The van der Waals surface area contributed by atoms with Crippen LogP contribution in [0.2, 0.25) is 4.47 Å². The highest BCUT2D eigenvalue weighted by Crippen LogP contribution is 2.48. The van der Waals surface area contributed by atoms with Crippen molar-refractivity contribution < 1.29 is 4.79 Å². The second kappa shape index (κ2) is 5.83. The number of hydrogen-bond acceptors (Lipinski definition) is 4. The minimum atomic E-state index is -0.0130. The Morgan fingerprint density at radius 3 is 2.75 bits per heavy atom. The topological polar surface area (TPSA) is 59.2 Å². The molecule has 6 heteroatoms. The van der Waals surface area contributed by atoms with E-state index in [-0.39, 0.29) is 17.9 Å². The van der Waals surface area contributed by atoms with Crippen molar-refractivity contribution in [2.45, 2.75) is 31.7 Å². The molecule has 0 saturated carbocycles. The van der Waals surface area contributed by atoms with E-state index in [1.165, 1.54) is 22.5 Å². The van der Waals surface area contributed by atoms with Gasteiger partial charge in [0.25, 0.3) is 5.91 Å². The summed E-state index contributed by atoms with van der Waals surface area (Å²) >= 11 is 7.47. The first-order valence-electron chi connectivity index (χ1n) is 8.27. The summed E-state index contributed by atoms with van der Waals surface area (Å²) in [7, 11) is 0. The van der Waals surface area contributed by atoms with Gasteiger partial charge in [0.05, 0.1) is 0 Å². The Kier molecular flexibility index (Phi) is 3.90. The van der Waals surface area contributed by atoms with Crippen LogP contribution in [0.25, 0.3) is 0 Å². The van der Waals surface area contributed by atoms with Crippen molar-refractivity contribution in [1.29, 1.82) is 0 Å². The lowest BCUT2D eigenvalue weighted by atomic mass is 9.95. The van der Waals surface area contributed by atoms with Crippen LogP contribution >= 0.6 is 22.9 Å². The van der Waals surface area contributed by atoms with Crippen molar-refractivity contribution >= 4 is 28.8 Å². The fourth-order valence-corrected chi connectivity index (χ4v) is 5.19. The van der Waals surface area contributed by atoms with E-state index < -0.39 is 0 Å². The van der Waals surface area contributed by atoms with Gasteiger partial charge in [-0.2, -0.15) is 0 Å². The predicted molar refractivity (Wildman–Crippen MR) is 96.7 cm³/mol. The first-order chi connectivity index (χ1) is 11.5. The van der Waals surface area contributed by atoms with Crippen LogP contribution in [0.5, 0.6) is 0 Å². The molecule has 1 saturated heterocycles. The lowest BCUT2D eigenvalue weighted by Gasteiger charge is -2.19. The standard InChI is InChI=1S/C18H20ClN3OS/c1-9(2)16-15(21-18(19)24-16)17(23)22-7-12-10-5-3-4-6-11(10)14(20)13(12)8-22/h3-6,9,12-14H,7-8,20H2,1-2H3/t12-,13-,14-/m0/s1. The molecule has 2 heterocycles. The maximum Gasteiger partial charge on any atom is 0.273 e. The highest BCUT2D eigenvalue weighted by molar-refractivity contribution is 7.16. The molecule has 1 aromatic heterocycles. The Labute approximate surface area is 150 Å². The monoisotopic (exact) mass is 361 g/mol. The van der Waals surface area contributed by atoms with Gasteiger partial charge in [0.1, 0.15) is 5.69 Å². The van der Waals surface area contributed by atoms with Crippen molar-refractivity contribution in [3.8, 4) is 0 Å². The number of fused-ring (bicyclic) bond motifs is 3. The van der Waals surface area contributed by atoms with Crippen LogP contribution in [0.1, 0.15) is 58.2 Å². The molecule has 0 radical (unpaired) electrons. The Balaban J connectivity index is 1.62. The van der Waals surface area contributed by atoms with Crippen LogP contribution in [-0.2, 0) is 0 Å². The molecular weight excluding hydrogens is 342 g/mol. The Bertz CT molecular complexity index is 803. The van der Waals surface area contributed by atoms with E-state index in [4.69, 9.17) is 17.3 Å². The van der Waals surface area contributed by atoms with Gasteiger partial charge in [0.2, 0.25) is 0 Å². The molecule has 0 unspecified atom stereocenters. The zero-order chi connectivity index (χ0) is 17.0. The van der Waals surface area contributed by atoms with Gasteiger partial charge in [-0.15, -0.1) is 11.3 Å². The van der Waals surface area contributed by atoms with Crippen molar-refractivity contribution in [1.82, 2.24) is 9.88 Å². The number of thiazole rings is 1. The molecule has 4 nitrogen and oxygen atoms in total. The summed E-state index contributed by atoms with van der Waals surface area (Å²) in [5.74, 6) is 0.847. The lowest BCUT2D eigenvalue weighted by molar-refractivity contribution is 0.0777. The Morgan fingerprint density at radius 1 is 1.33 bits per heavy atom. The summed E-state index contributed by atoms with van der Waals surface area (Å²) < 4.78 is 0.434. The molecule has 126 valence electrons. The van der Waals surface area contributed by atoms with E-state index in [9.17, 15) is 4.79 Å². The molecule has 2 aromatic rings. The zero-order valence-electron chi connectivity index (χ0n) is 13.7. The quantitative estimate of drug-likeness (QED) is 0.885. The van der Waals surface area contributed by atoms with Crippen LogP contribution in [-0.4, -0.2) is 28.9 Å². The zero-order valence-corrected chi connectivity index (χ0v) is 15.3. The Hall–Kier alpha value is -1.43. The fourth-order valence-electron chi connectivity index (χ4n) is 4.07. The van der Waals surface area contributed by atoms with Gasteiger partial charge in [0.15, 0.2) is 4.47 Å². The lowest BCUT2D eigenvalue weighted by Crippen LogP contribution is -2.32. The summed E-state index contributed by atoms with van der Waals surface area (Å²) in [6, 6.07) is 8.35. The number of halogens is 1. The fraction of sp³-hybridized carbons (Fsp3) is 0.444. The number of hydrogen-bond donors (Lipinski definition) is 1. The van der Waals surface area contributed by atoms with Crippen LogP contribution in [0.15, 0.2) is 24.3 Å². The molecule has 1 amide bonds. The summed E-state index contributed by atoms with van der Waals surface area (Å²) in [5.41, 5.74) is 9.49. The number of nitrogens with zero attached hydrogens (tertiary/aromatic N) is 2. The molecular formula is C18H20ClN3OS. The molecule has 1 aromatic carbocycles. The maximum absolute atomic E-state index is 13.0. The largest absolute Gasteiger partial charge is 0.336 e. The molecule has 24 heavy (non-hydrogen) atoms. The van der Waals surface area contributed by atoms with Gasteiger partial charge in [-0.3, -0.25) is 4.79 Å². The summed E-state index contributed by atoms with van der Waals surface area (Å²) in [5, 5.41) is 0. The number of aromatic nitrogens is 1. The van der Waals surface area contributed by atoms with E-state index >= 15 is 0 Å². The van der Waals surface area contributed by atoms with E-state index in [0.717, 1.165) is 4.88 Å². The number of likely N-dealkylation sites (tertiary alicyclic amines) is 1. The number of carbonyl (C=O) groups is 1. The van der Waals surface area contributed by atoms with Gasteiger partial charge in [-0.25, -0.2) is 4.98 Å². The summed E-state index contributed by atoms with van der Waals surface area (Å²) in [6.45, 7) is 5.52. The average molecular weight is 362 g/mol. The van der Waals surface area contributed by atoms with Gasteiger partial charge in [-0.1, -0.05) is 49.7 Å². The third kappa shape index (κ3) is 2.38. The molecule has 4 rings (SSSR count). The number of nitrogens with two attached hydrogens (primary N) is 1. The third-order valence-corrected chi connectivity index (χ3v) is 6.68. The molecule has 0 bridgehead atoms. The smallest absolute Gasteiger partial charge is 0.273 e. The molecule has 1 aliphatic carbocycles. The molecule has 1 fully saturated rings. The van der Waals surface area contributed by atoms with Crippen molar-refractivity contribution in [3.63, 3.8) is 0 Å². The van der Waals surface area contributed by atoms with E-state index in [2.05, 4.69) is 37.0 Å². The number of benzene rings is 1. The van der Waals surface area contributed by atoms with Crippen LogP contribution in [0.3, 0.4) is 0 Å². The SMILES string of the molecule is CC(C)c1sc(Cl)nc1C(=O)N1C[C@@H]2[C@@H](N)c3ccccc3[C@@H]2C1. The highest BCUT2D eigenvalue weighted by atomic mass is 35.5. The van der Waals surface area contributed by atoms with Crippen LogP contribution in [0.4, 0.5) is 0 Å². The number of carbonyl (C=O) groups excluding carboxylic acids is 1. The second-order valence-electron chi connectivity index (χ2n) is 6.97. The summed E-state index contributed by atoms with van der Waals surface area (Å²) in [6.07, 6.45) is 0. The van der Waals surface area contributed by atoms with Gasteiger partial charge in [-0.05, 0) is 17.0 Å². The van der Waals surface area contributed by atoms with E-state index in [0.29, 0.717) is 35.1 Å². The van der Waals surface area contributed by atoms with Gasteiger partial charge < -0.3 is 10.6 Å².